The summed E-state index contributed by atoms with van der Waals surface area (Å²) in [6.45, 7) is 4.50. The van der Waals surface area contributed by atoms with E-state index in [2.05, 4.69) is 5.32 Å². The van der Waals surface area contributed by atoms with Crippen LogP contribution in [0.25, 0.3) is 0 Å². The summed E-state index contributed by atoms with van der Waals surface area (Å²) in [4.78, 5) is 49.2. The number of nitrogens with one attached hydrogen (secondary N) is 1. The monoisotopic (exact) mass is 421 g/mol. The fraction of sp³-hybridized carbons (Fsp3) is 0.550. The number of nitro groups is 1. The van der Waals surface area contributed by atoms with Crippen molar-refractivity contribution < 1.29 is 28.8 Å². The van der Waals surface area contributed by atoms with Gasteiger partial charge in [0, 0.05) is 25.2 Å². The molecule has 1 amide bonds. The molecule has 1 aliphatic heterocycles. The Morgan fingerprint density at radius 3 is 2.50 bits per heavy atom. The highest BCUT2D eigenvalue weighted by Crippen LogP contribution is 2.29. The zero-order valence-corrected chi connectivity index (χ0v) is 17.4. The Hall–Kier alpha value is -3.17. The number of amides is 1. The lowest BCUT2D eigenvalue weighted by atomic mass is 9.99. The van der Waals surface area contributed by atoms with Crippen LogP contribution >= 0.6 is 0 Å². The minimum Gasteiger partial charge on any atom is -0.467 e. The first-order chi connectivity index (χ1) is 14.3. The summed E-state index contributed by atoms with van der Waals surface area (Å²) in [5, 5.41) is 13.6. The average Bonchev–Trinajstić information content (AvgIpc) is 3.28. The number of methoxy groups -OCH3 is 1. The summed E-state index contributed by atoms with van der Waals surface area (Å²) in [6, 6.07) is 3.16. The van der Waals surface area contributed by atoms with E-state index in [0.29, 0.717) is 12.1 Å². The number of ether oxygens (including phenoxy) is 2. The van der Waals surface area contributed by atoms with E-state index in [9.17, 15) is 24.5 Å². The van der Waals surface area contributed by atoms with E-state index in [0.717, 1.165) is 32.0 Å². The zero-order valence-electron chi connectivity index (χ0n) is 17.4. The van der Waals surface area contributed by atoms with Crippen LogP contribution < -0.4 is 10.2 Å². The number of hydrogen-bond donors (Lipinski definition) is 1. The van der Waals surface area contributed by atoms with Crippen LogP contribution in [0.1, 0.15) is 43.5 Å². The molecule has 0 aliphatic carbocycles. The third-order valence-corrected chi connectivity index (χ3v) is 5.18. The van der Waals surface area contributed by atoms with Crippen LogP contribution in [0.4, 0.5) is 11.4 Å². The predicted molar refractivity (Wildman–Crippen MR) is 108 cm³/mol. The number of nitro benzene ring substituents is 1. The van der Waals surface area contributed by atoms with Gasteiger partial charge in [-0.15, -0.1) is 0 Å². The molecule has 164 valence electrons. The molecule has 0 aromatic heterocycles. The van der Waals surface area contributed by atoms with Crippen LogP contribution in [-0.4, -0.2) is 55.6 Å². The number of rotatable bonds is 9. The fourth-order valence-electron chi connectivity index (χ4n) is 3.25. The Balaban J connectivity index is 2.11. The normalized spacial score (nSPS) is 15.2. The molecule has 1 fully saturated rings. The molecule has 2 rings (SSSR count). The number of anilines is 1. The quantitative estimate of drug-likeness (QED) is 0.364. The predicted octanol–water partition coefficient (Wildman–Crippen LogP) is 2.06. The zero-order chi connectivity index (χ0) is 22.3. The van der Waals surface area contributed by atoms with Crippen molar-refractivity contribution in [3.63, 3.8) is 0 Å². The van der Waals surface area contributed by atoms with Crippen molar-refractivity contribution in [2.24, 2.45) is 5.92 Å². The molecule has 1 aromatic carbocycles. The van der Waals surface area contributed by atoms with Crippen LogP contribution in [0, 0.1) is 16.0 Å². The van der Waals surface area contributed by atoms with Crippen molar-refractivity contribution >= 4 is 29.2 Å². The van der Waals surface area contributed by atoms with Gasteiger partial charge < -0.3 is 19.7 Å². The van der Waals surface area contributed by atoms with Gasteiger partial charge in [-0.2, -0.15) is 0 Å². The second-order valence-electron chi connectivity index (χ2n) is 7.18. The minimum atomic E-state index is -0.857. The molecule has 10 heteroatoms. The Bertz CT molecular complexity index is 806. The highest BCUT2D eigenvalue weighted by atomic mass is 16.6. The molecule has 1 aliphatic rings. The van der Waals surface area contributed by atoms with Gasteiger partial charge in [0.1, 0.15) is 6.04 Å². The van der Waals surface area contributed by atoms with E-state index < -0.39 is 35.4 Å². The standard InChI is InChI=1S/C20H27N3O7/c1-4-13(2)18(20(26)29-3)21-17(24)12-30-19(25)15-11-14(23(27)28)7-8-16(15)22-9-5-6-10-22/h7-8,11,13,18H,4-6,9-10,12H2,1-3H3,(H,21,24)/t13-,18-/m0/s1. The summed E-state index contributed by atoms with van der Waals surface area (Å²) in [6.07, 6.45) is 2.55. The SMILES string of the molecule is CC[C@H](C)[C@H](NC(=O)COC(=O)c1cc([N+](=O)[O-])ccc1N1CCCC1)C(=O)OC. The largest absolute Gasteiger partial charge is 0.467 e. The van der Waals surface area contributed by atoms with Crippen LogP contribution in [0.3, 0.4) is 0 Å². The summed E-state index contributed by atoms with van der Waals surface area (Å²) >= 11 is 0. The fourth-order valence-corrected chi connectivity index (χ4v) is 3.25. The van der Waals surface area contributed by atoms with Gasteiger partial charge in [0.2, 0.25) is 0 Å². The first-order valence-corrected chi connectivity index (χ1v) is 9.86. The number of hydrogen-bond acceptors (Lipinski definition) is 8. The van der Waals surface area contributed by atoms with Gasteiger partial charge >= 0.3 is 11.9 Å². The van der Waals surface area contributed by atoms with Gasteiger partial charge in [-0.05, 0) is 24.8 Å². The molecule has 10 nitrogen and oxygen atoms in total. The van der Waals surface area contributed by atoms with Crippen molar-refractivity contribution in [3.05, 3.63) is 33.9 Å². The maximum atomic E-state index is 12.6. The van der Waals surface area contributed by atoms with E-state index in [-0.39, 0.29) is 17.2 Å². The van der Waals surface area contributed by atoms with E-state index in [1.165, 1.54) is 19.2 Å². The van der Waals surface area contributed by atoms with Crippen molar-refractivity contribution in [3.8, 4) is 0 Å². The van der Waals surface area contributed by atoms with Crippen molar-refractivity contribution in [1.29, 1.82) is 0 Å². The summed E-state index contributed by atoms with van der Waals surface area (Å²) in [7, 11) is 1.23. The van der Waals surface area contributed by atoms with E-state index in [4.69, 9.17) is 9.47 Å². The molecule has 0 bridgehead atoms. The lowest BCUT2D eigenvalue weighted by Gasteiger charge is -2.22. The van der Waals surface area contributed by atoms with Crippen molar-refractivity contribution in [2.75, 3.05) is 31.7 Å². The molecule has 1 saturated heterocycles. The Morgan fingerprint density at radius 2 is 1.93 bits per heavy atom. The maximum Gasteiger partial charge on any atom is 0.341 e. The Kier molecular flexibility index (Phi) is 8.14. The number of non-ortho nitro benzene ring substituents is 1. The van der Waals surface area contributed by atoms with Crippen LogP contribution in [0.15, 0.2) is 18.2 Å². The Morgan fingerprint density at radius 1 is 1.27 bits per heavy atom. The third-order valence-electron chi connectivity index (χ3n) is 5.18. The molecule has 1 aromatic rings. The summed E-state index contributed by atoms with van der Waals surface area (Å²) in [5.74, 6) is -2.25. The minimum absolute atomic E-state index is 0.0327. The van der Waals surface area contributed by atoms with Crippen LogP contribution in [0.2, 0.25) is 0 Å². The molecular weight excluding hydrogens is 394 g/mol. The molecule has 0 unspecified atom stereocenters. The number of carbonyl (C=O) groups is 3. The van der Waals surface area contributed by atoms with Gasteiger partial charge in [-0.3, -0.25) is 14.9 Å². The maximum absolute atomic E-state index is 12.6. The van der Waals surface area contributed by atoms with Crippen LogP contribution in [0.5, 0.6) is 0 Å². The summed E-state index contributed by atoms with van der Waals surface area (Å²) < 4.78 is 9.81. The molecule has 0 radical (unpaired) electrons. The number of benzene rings is 1. The van der Waals surface area contributed by atoms with Gasteiger partial charge in [-0.25, -0.2) is 9.59 Å². The van der Waals surface area contributed by atoms with E-state index >= 15 is 0 Å². The molecule has 1 N–H and O–H groups in total. The first-order valence-electron chi connectivity index (χ1n) is 9.86. The second kappa shape index (κ2) is 10.6. The summed E-state index contributed by atoms with van der Waals surface area (Å²) in [5.41, 5.74) is 0.331. The van der Waals surface area contributed by atoms with E-state index in [1.54, 1.807) is 6.92 Å². The number of nitrogens with zero attached hydrogens (tertiary/aromatic N) is 2. The Labute approximate surface area is 174 Å². The molecule has 0 saturated carbocycles. The van der Waals surface area contributed by atoms with E-state index in [1.807, 2.05) is 11.8 Å². The number of carbonyl (C=O) groups excluding carboxylic acids is 3. The molecule has 30 heavy (non-hydrogen) atoms. The van der Waals surface area contributed by atoms with Gasteiger partial charge in [0.15, 0.2) is 6.61 Å². The van der Waals surface area contributed by atoms with Crippen molar-refractivity contribution in [2.45, 2.75) is 39.2 Å². The van der Waals surface area contributed by atoms with Gasteiger partial charge in [0.05, 0.1) is 23.3 Å². The average molecular weight is 421 g/mol. The number of esters is 2. The lowest BCUT2D eigenvalue weighted by Crippen LogP contribution is -2.47. The molecule has 1 heterocycles. The highest BCUT2D eigenvalue weighted by Gasteiger charge is 2.28. The molecular formula is C20H27N3O7. The van der Waals surface area contributed by atoms with Gasteiger partial charge in [-0.1, -0.05) is 20.3 Å². The molecule has 2 atom stereocenters. The van der Waals surface area contributed by atoms with Crippen molar-refractivity contribution in [1.82, 2.24) is 5.32 Å². The highest BCUT2D eigenvalue weighted by molar-refractivity contribution is 5.98. The topological polar surface area (TPSA) is 128 Å². The van der Waals surface area contributed by atoms with Crippen LogP contribution in [-0.2, 0) is 19.1 Å². The second-order valence-corrected chi connectivity index (χ2v) is 7.18. The van der Waals surface area contributed by atoms with Gasteiger partial charge in [0.25, 0.3) is 11.6 Å². The first kappa shape index (κ1) is 23.1. The lowest BCUT2D eigenvalue weighted by molar-refractivity contribution is -0.384. The third kappa shape index (κ3) is 5.68. The smallest absolute Gasteiger partial charge is 0.341 e. The molecule has 0 spiro atoms.